The molecule has 0 aliphatic heterocycles. The third-order valence-electron chi connectivity index (χ3n) is 3.55. The van der Waals surface area contributed by atoms with Crippen LogP contribution in [-0.4, -0.2) is 12.1 Å². The van der Waals surface area contributed by atoms with Gasteiger partial charge in [0.05, 0.1) is 0 Å². The number of hydrogen-bond acceptors (Lipinski definition) is 2. The van der Waals surface area contributed by atoms with Gasteiger partial charge in [0.2, 0.25) is 0 Å². The monoisotopic (exact) mass is 295 g/mol. The lowest BCUT2D eigenvalue weighted by molar-refractivity contribution is 0.274. The maximum atomic E-state index is 3.63. The minimum atomic E-state index is 0.208. The van der Waals surface area contributed by atoms with Crippen molar-refractivity contribution in [2.24, 2.45) is 5.41 Å². The van der Waals surface area contributed by atoms with Crippen LogP contribution < -0.4 is 5.32 Å². The van der Waals surface area contributed by atoms with Crippen LogP contribution in [0.3, 0.4) is 0 Å². The molecule has 0 amide bonds. The summed E-state index contributed by atoms with van der Waals surface area (Å²) in [5, 5.41) is 3.63. The maximum absolute atomic E-state index is 3.63. The summed E-state index contributed by atoms with van der Waals surface area (Å²) < 4.78 is 0. The number of thiophene rings is 1. The Labute approximate surface area is 130 Å². The van der Waals surface area contributed by atoms with Gasteiger partial charge >= 0.3 is 0 Å². The van der Waals surface area contributed by atoms with Gasteiger partial charge in [0.1, 0.15) is 0 Å². The molecule has 0 aliphatic carbocycles. The lowest BCUT2D eigenvalue weighted by Crippen LogP contribution is -2.42. The Hall–Kier alpha value is -0.340. The molecule has 1 aromatic heterocycles. The molecule has 20 heavy (non-hydrogen) atoms. The summed E-state index contributed by atoms with van der Waals surface area (Å²) in [5.74, 6) is 0. The third kappa shape index (κ3) is 6.41. The molecular formula is C18H33NS. The first kappa shape index (κ1) is 17.7. The van der Waals surface area contributed by atoms with Crippen LogP contribution in [0.1, 0.15) is 71.6 Å². The molecule has 0 atom stereocenters. The molecule has 1 N–H and O–H groups in total. The van der Waals surface area contributed by atoms with E-state index in [1.807, 2.05) is 11.3 Å². The predicted molar refractivity (Wildman–Crippen MR) is 92.9 cm³/mol. The maximum Gasteiger partial charge on any atom is 0.0102 e. The van der Waals surface area contributed by atoms with E-state index in [1.165, 1.54) is 22.6 Å². The summed E-state index contributed by atoms with van der Waals surface area (Å²) in [6.07, 6.45) is 2.43. The largest absolute Gasteiger partial charge is 0.312 e. The molecule has 0 bridgehead atoms. The minimum absolute atomic E-state index is 0.208. The summed E-state index contributed by atoms with van der Waals surface area (Å²) in [6, 6.07) is 4.62. The molecule has 0 saturated heterocycles. The number of rotatable bonds is 5. The van der Waals surface area contributed by atoms with E-state index < -0.39 is 0 Å². The van der Waals surface area contributed by atoms with Gasteiger partial charge in [0.25, 0.3) is 0 Å². The standard InChI is InChI=1S/C18H33NS/c1-16(2,3)15-10-9-14(20-15)11-12-18(7,8)13-19-17(4,5)6/h9-10,19H,11-13H2,1-8H3. The van der Waals surface area contributed by atoms with Crippen molar-refractivity contribution >= 4 is 11.3 Å². The first-order chi connectivity index (χ1) is 8.89. The molecule has 0 aromatic carbocycles. The number of nitrogens with one attached hydrogen (secondary N) is 1. The zero-order valence-corrected chi connectivity index (χ0v) is 15.5. The zero-order chi connectivity index (χ0) is 15.6. The summed E-state index contributed by atoms with van der Waals surface area (Å²) >= 11 is 1.98. The highest BCUT2D eigenvalue weighted by molar-refractivity contribution is 7.12. The molecule has 0 saturated carbocycles. The summed E-state index contributed by atoms with van der Waals surface area (Å²) in [6.45, 7) is 19.4. The molecule has 0 aliphatic rings. The van der Waals surface area contributed by atoms with Gasteiger partial charge in [-0.05, 0) is 56.6 Å². The van der Waals surface area contributed by atoms with E-state index in [1.54, 1.807) is 0 Å². The van der Waals surface area contributed by atoms with Crippen molar-refractivity contribution in [1.29, 1.82) is 0 Å². The highest BCUT2D eigenvalue weighted by Gasteiger charge is 2.22. The molecule has 0 spiro atoms. The fourth-order valence-electron chi connectivity index (χ4n) is 1.97. The van der Waals surface area contributed by atoms with Crippen LogP contribution >= 0.6 is 11.3 Å². The van der Waals surface area contributed by atoms with Crippen LogP contribution in [0.25, 0.3) is 0 Å². The van der Waals surface area contributed by atoms with Gasteiger partial charge in [0, 0.05) is 21.8 Å². The first-order valence-corrected chi connectivity index (χ1v) is 8.55. The van der Waals surface area contributed by atoms with E-state index >= 15 is 0 Å². The SMILES string of the molecule is CC(C)(CCc1ccc(C(C)(C)C)s1)CNC(C)(C)C. The van der Waals surface area contributed by atoms with Gasteiger partial charge in [-0.2, -0.15) is 0 Å². The molecule has 116 valence electrons. The van der Waals surface area contributed by atoms with Crippen molar-refractivity contribution in [3.05, 3.63) is 21.9 Å². The Kier molecular flexibility index (Phi) is 5.48. The zero-order valence-electron chi connectivity index (χ0n) is 14.7. The highest BCUT2D eigenvalue weighted by atomic mass is 32.1. The molecule has 1 rings (SSSR count). The van der Waals surface area contributed by atoms with Crippen molar-refractivity contribution in [2.75, 3.05) is 6.54 Å². The van der Waals surface area contributed by atoms with Crippen molar-refractivity contribution in [3.8, 4) is 0 Å². The Morgan fingerprint density at radius 3 is 2.00 bits per heavy atom. The molecule has 1 aromatic rings. The molecule has 0 fully saturated rings. The van der Waals surface area contributed by atoms with E-state index in [-0.39, 0.29) is 11.0 Å². The lowest BCUT2D eigenvalue weighted by atomic mass is 9.86. The van der Waals surface area contributed by atoms with E-state index in [4.69, 9.17) is 0 Å². The van der Waals surface area contributed by atoms with Gasteiger partial charge in [-0.25, -0.2) is 0 Å². The van der Waals surface area contributed by atoms with Crippen LogP contribution in [0.5, 0.6) is 0 Å². The topological polar surface area (TPSA) is 12.0 Å². The smallest absolute Gasteiger partial charge is 0.0102 e. The Morgan fingerprint density at radius 1 is 0.950 bits per heavy atom. The van der Waals surface area contributed by atoms with Gasteiger partial charge in [-0.15, -0.1) is 11.3 Å². The summed E-state index contributed by atoms with van der Waals surface area (Å²) in [4.78, 5) is 3.02. The molecule has 0 unspecified atom stereocenters. The van der Waals surface area contributed by atoms with Crippen LogP contribution in [0.4, 0.5) is 0 Å². The van der Waals surface area contributed by atoms with Crippen LogP contribution in [0.2, 0.25) is 0 Å². The Morgan fingerprint density at radius 2 is 1.55 bits per heavy atom. The predicted octanol–water partition coefficient (Wildman–Crippen LogP) is 5.39. The molecule has 1 nitrogen and oxygen atoms in total. The number of hydrogen-bond donors (Lipinski definition) is 1. The molecule has 1 heterocycles. The van der Waals surface area contributed by atoms with Crippen LogP contribution in [0.15, 0.2) is 12.1 Å². The van der Waals surface area contributed by atoms with E-state index in [9.17, 15) is 0 Å². The van der Waals surface area contributed by atoms with Gasteiger partial charge in [-0.3, -0.25) is 0 Å². The highest BCUT2D eigenvalue weighted by Crippen LogP contribution is 2.31. The van der Waals surface area contributed by atoms with Crippen molar-refractivity contribution < 1.29 is 0 Å². The average Bonchev–Trinajstić information content (AvgIpc) is 2.71. The fourth-order valence-corrected chi connectivity index (χ4v) is 3.03. The van der Waals surface area contributed by atoms with E-state index in [0.29, 0.717) is 5.41 Å². The second kappa shape index (κ2) is 6.19. The lowest BCUT2D eigenvalue weighted by Gasteiger charge is -2.30. The molecule has 2 heteroatoms. The fraction of sp³-hybridized carbons (Fsp3) is 0.778. The van der Waals surface area contributed by atoms with Crippen molar-refractivity contribution in [2.45, 2.75) is 79.2 Å². The summed E-state index contributed by atoms with van der Waals surface area (Å²) in [5.41, 5.74) is 0.838. The third-order valence-corrected chi connectivity index (χ3v) is 5.12. The van der Waals surface area contributed by atoms with Crippen molar-refractivity contribution in [1.82, 2.24) is 5.32 Å². The molecular weight excluding hydrogens is 262 g/mol. The number of aryl methyl sites for hydroxylation is 1. The van der Waals surface area contributed by atoms with Crippen LogP contribution in [0, 0.1) is 5.41 Å². The summed E-state index contributed by atoms with van der Waals surface area (Å²) in [7, 11) is 0. The Balaban J connectivity index is 2.52. The minimum Gasteiger partial charge on any atom is -0.312 e. The second-order valence-electron chi connectivity index (χ2n) is 8.78. The first-order valence-electron chi connectivity index (χ1n) is 7.73. The van der Waals surface area contributed by atoms with Gasteiger partial charge in [0.15, 0.2) is 0 Å². The van der Waals surface area contributed by atoms with Crippen molar-refractivity contribution in [3.63, 3.8) is 0 Å². The second-order valence-corrected chi connectivity index (χ2v) is 9.95. The van der Waals surface area contributed by atoms with Gasteiger partial charge < -0.3 is 5.32 Å². The van der Waals surface area contributed by atoms with Gasteiger partial charge in [-0.1, -0.05) is 34.6 Å². The van der Waals surface area contributed by atoms with E-state index in [2.05, 4.69) is 72.8 Å². The molecule has 0 radical (unpaired) electrons. The quantitative estimate of drug-likeness (QED) is 0.767. The normalized spacial score (nSPS) is 13.8. The van der Waals surface area contributed by atoms with Crippen LogP contribution in [-0.2, 0) is 11.8 Å². The van der Waals surface area contributed by atoms with E-state index in [0.717, 1.165) is 6.54 Å². The average molecular weight is 296 g/mol. The Bertz CT molecular complexity index is 415.